The molecule has 0 spiro atoms. The number of hydrazine groups is 1. The van der Waals surface area contributed by atoms with E-state index in [9.17, 15) is 14.9 Å². The fourth-order valence-corrected chi connectivity index (χ4v) is 3.05. The first-order valence-corrected chi connectivity index (χ1v) is 8.66. The summed E-state index contributed by atoms with van der Waals surface area (Å²) < 4.78 is 0.925. The minimum absolute atomic E-state index is 0.0239. The smallest absolute Gasteiger partial charge is 0.269 e. The predicted octanol–water partition coefficient (Wildman–Crippen LogP) is 2.42. The maximum atomic E-state index is 12.2. The summed E-state index contributed by atoms with van der Waals surface area (Å²) >= 11 is 3.37. The lowest BCUT2D eigenvalue weighted by Crippen LogP contribution is -2.41. The predicted molar refractivity (Wildman–Crippen MR) is 100 cm³/mol. The molecule has 3 rings (SSSR count). The summed E-state index contributed by atoms with van der Waals surface area (Å²) in [5.74, 6) is -0.281. The second-order valence-electron chi connectivity index (χ2n) is 5.77. The third-order valence-electron chi connectivity index (χ3n) is 3.94. The Kier molecular flexibility index (Phi) is 5.71. The summed E-state index contributed by atoms with van der Waals surface area (Å²) in [7, 11) is 0. The molecular weight excluding hydrogens is 402 g/mol. The quantitative estimate of drug-likeness (QED) is 0.393. The number of nitro groups is 1. The summed E-state index contributed by atoms with van der Waals surface area (Å²) in [5.41, 5.74) is 10.0. The number of non-ortho nitro benzene ring substituents is 1. The highest BCUT2D eigenvalue weighted by Crippen LogP contribution is 2.25. The number of nitrogens with one attached hydrogen (secondary N) is 3. The molecule has 2 unspecified atom stereocenters. The Morgan fingerprint density at radius 3 is 2.85 bits per heavy atom. The number of hydrazone groups is 1. The van der Waals surface area contributed by atoms with E-state index >= 15 is 0 Å². The van der Waals surface area contributed by atoms with Crippen LogP contribution in [0.25, 0.3) is 0 Å². The minimum atomic E-state index is -0.487. The standard InChI is InChI=1S/C17H16BrN5O3/c18-13-5-1-3-11(7-13)10-19-22-17(24)16-9-15(20-21-16)12-4-2-6-14(8-12)23(25)26/h1-8,10,15-16,20-21H,9H2,(H,22,24)/b19-10+. The number of hydrogen-bond acceptors (Lipinski definition) is 6. The Hall–Kier alpha value is -2.62. The van der Waals surface area contributed by atoms with Gasteiger partial charge in [0.05, 0.1) is 11.1 Å². The molecule has 1 aliphatic heterocycles. The van der Waals surface area contributed by atoms with Crippen LogP contribution in [-0.4, -0.2) is 23.1 Å². The summed E-state index contributed by atoms with van der Waals surface area (Å²) in [6.07, 6.45) is 2.02. The molecule has 0 saturated carbocycles. The summed E-state index contributed by atoms with van der Waals surface area (Å²) in [5, 5.41) is 14.8. The maximum Gasteiger partial charge on any atom is 0.269 e. The summed E-state index contributed by atoms with van der Waals surface area (Å²) in [4.78, 5) is 22.7. The van der Waals surface area contributed by atoms with E-state index in [4.69, 9.17) is 0 Å². The molecule has 9 heteroatoms. The molecule has 1 saturated heterocycles. The molecule has 1 aliphatic rings. The lowest BCUT2D eigenvalue weighted by Gasteiger charge is -2.09. The van der Waals surface area contributed by atoms with Crippen LogP contribution in [0.3, 0.4) is 0 Å². The topological polar surface area (TPSA) is 109 Å². The molecule has 3 N–H and O–H groups in total. The van der Waals surface area contributed by atoms with E-state index < -0.39 is 11.0 Å². The van der Waals surface area contributed by atoms with Gasteiger partial charge in [-0.1, -0.05) is 40.2 Å². The van der Waals surface area contributed by atoms with Crippen LogP contribution in [0.1, 0.15) is 23.6 Å². The van der Waals surface area contributed by atoms with Crippen molar-refractivity contribution in [1.82, 2.24) is 16.3 Å². The van der Waals surface area contributed by atoms with Crippen molar-refractivity contribution in [3.63, 3.8) is 0 Å². The number of nitrogens with zero attached hydrogens (tertiary/aromatic N) is 2. The largest absolute Gasteiger partial charge is 0.271 e. The van der Waals surface area contributed by atoms with E-state index in [-0.39, 0.29) is 17.6 Å². The molecule has 0 aliphatic carbocycles. The monoisotopic (exact) mass is 417 g/mol. The number of rotatable bonds is 5. The van der Waals surface area contributed by atoms with Gasteiger partial charge in [0, 0.05) is 22.6 Å². The molecule has 2 atom stereocenters. The first-order valence-electron chi connectivity index (χ1n) is 7.87. The van der Waals surface area contributed by atoms with E-state index in [1.165, 1.54) is 12.1 Å². The highest BCUT2D eigenvalue weighted by Gasteiger charge is 2.30. The molecule has 134 valence electrons. The SMILES string of the molecule is O=C(N/N=C/c1cccc(Br)c1)C1CC(c2cccc([N+](=O)[O-])c2)NN1. The fourth-order valence-electron chi connectivity index (χ4n) is 2.64. The molecule has 0 bridgehead atoms. The van der Waals surface area contributed by atoms with Gasteiger partial charge in [0.1, 0.15) is 6.04 Å². The maximum absolute atomic E-state index is 12.2. The van der Waals surface area contributed by atoms with Crippen LogP contribution in [0.4, 0.5) is 5.69 Å². The third-order valence-corrected chi connectivity index (χ3v) is 4.43. The van der Waals surface area contributed by atoms with Crippen molar-refractivity contribution in [2.24, 2.45) is 5.10 Å². The zero-order valence-electron chi connectivity index (χ0n) is 13.6. The van der Waals surface area contributed by atoms with E-state index in [1.54, 1.807) is 18.3 Å². The number of amides is 1. The van der Waals surface area contributed by atoms with Crippen LogP contribution in [0.15, 0.2) is 58.1 Å². The zero-order chi connectivity index (χ0) is 18.5. The van der Waals surface area contributed by atoms with Crippen molar-refractivity contribution in [3.05, 3.63) is 74.2 Å². The Balaban J connectivity index is 1.57. The minimum Gasteiger partial charge on any atom is -0.271 e. The fraction of sp³-hybridized carbons (Fsp3) is 0.176. The summed E-state index contributed by atoms with van der Waals surface area (Å²) in [6.45, 7) is 0. The lowest BCUT2D eigenvalue weighted by atomic mass is 10.0. The van der Waals surface area contributed by atoms with Gasteiger partial charge >= 0.3 is 0 Å². The molecule has 0 aromatic heterocycles. The van der Waals surface area contributed by atoms with Gasteiger partial charge in [0.25, 0.3) is 11.6 Å². The second kappa shape index (κ2) is 8.17. The van der Waals surface area contributed by atoms with Gasteiger partial charge in [0.2, 0.25) is 0 Å². The van der Waals surface area contributed by atoms with Crippen LogP contribution in [0, 0.1) is 10.1 Å². The van der Waals surface area contributed by atoms with Gasteiger partial charge in [-0.05, 0) is 29.7 Å². The van der Waals surface area contributed by atoms with Crippen LogP contribution >= 0.6 is 15.9 Å². The van der Waals surface area contributed by atoms with Crippen molar-refractivity contribution in [2.75, 3.05) is 0 Å². The highest BCUT2D eigenvalue weighted by atomic mass is 79.9. The number of nitro benzene ring substituents is 1. The highest BCUT2D eigenvalue weighted by molar-refractivity contribution is 9.10. The van der Waals surface area contributed by atoms with Gasteiger partial charge in [-0.3, -0.25) is 14.9 Å². The average molecular weight is 418 g/mol. The molecular formula is C17H16BrN5O3. The Bertz CT molecular complexity index is 858. The zero-order valence-corrected chi connectivity index (χ0v) is 15.1. The van der Waals surface area contributed by atoms with Gasteiger partial charge in [0.15, 0.2) is 0 Å². The van der Waals surface area contributed by atoms with Crippen LogP contribution < -0.4 is 16.3 Å². The summed E-state index contributed by atoms with van der Waals surface area (Å²) in [6, 6.07) is 13.2. The van der Waals surface area contributed by atoms with Crippen molar-refractivity contribution in [1.29, 1.82) is 0 Å². The molecule has 2 aromatic carbocycles. The molecule has 2 aromatic rings. The number of halogens is 1. The first-order chi connectivity index (χ1) is 12.5. The van der Waals surface area contributed by atoms with Crippen molar-refractivity contribution in [3.8, 4) is 0 Å². The van der Waals surface area contributed by atoms with E-state index in [2.05, 4.69) is 37.3 Å². The first kappa shape index (κ1) is 18.2. The van der Waals surface area contributed by atoms with Crippen LogP contribution in [0.2, 0.25) is 0 Å². The molecule has 1 amide bonds. The van der Waals surface area contributed by atoms with Crippen molar-refractivity contribution >= 4 is 33.7 Å². The van der Waals surface area contributed by atoms with Gasteiger partial charge < -0.3 is 0 Å². The average Bonchev–Trinajstić information content (AvgIpc) is 3.12. The molecule has 8 nitrogen and oxygen atoms in total. The van der Waals surface area contributed by atoms with Gasteiger partial charge in [-0.25, -0.2) is 16.3 Å². The number of carbonyl (C=O) groups excluding carboxylic acids is 1. The van der Waals surface area contributed by atoms with Gasteiger partial charge in [-0.2, -0.15) is 5.10 Å². The normalized spacial score (nSPS) is 19.6. The molecule has 1 fully saturated rings. The second-order valence-corrected chi connectivity index (χ2v) is 6.69. The third kappa shape index (κ3) is 4.51. The molecule has 0 radical (unpaired) electrons. The van der Waals surface area contributed by atoms with E-state index in [0.29, 0.717) is 6.42 Å². The van der Waals surface area contributed by atoms with Crippen LogP contribution in [0.5, 0.6) is 0 Å². The molecule has 26 heavy (non-hydrogen) atoms. The van der Waals surface area contributed by atoms with Crippen molar-refractivity contribution in [2.45, 2.75) is 18.5 Å². The van der Waals surface area contributed by atoms with E-state index in [1.807, 2.05) is 24.3 Å². The number of carbonyl (C=O) groups is 1. The Morgan fingerprint density at radius 2 is 2.08 bits per heavy atom. The Labute approximate surface area is 157 Å². The molecule has 1 heterocycles. The number of hydrogen-bond donors (Lipinski definition) is 3. The Morgan fingerprint density at radius 1 is 1.27 bits per heavy atom. The van der Waals surface area contributed by atoms with Crippen molar-refractivity contribution < 1.29 is 9.72 Å². The lowest BCUT2D eigenvalue weighted by molar-refractivity contribution is -0.384. The number of benzene rings is 2. The van der Waals surface area contributed by atoms with E-state index in [0.717, 1.165) is 15.6 Å². The van der Waals surface area contributed by atoms with Gasteiger partial charge in [-0.15, -0.1) is 0 Å². The van der Waals surface area contributed by atoms with Crippen LogP contribution in [-0.2, 0) is 4.79 Å².